The minimum absolute atomic E-state index is 0.249. The third-order valence-corrected chi connectivity index (χ3v) is 6.99. The summed E-state index contributed by atoms with van der Waals surface area (Å²) in [6, 6.07) is 32.6. The maximum atomic E-state index is 10.1. The fourth-order valence-electron chi connectivity index (χ4n) is 3.93. The average Bonchev–Trinajstić information content (AvgIpc) is 3.32. The second kappa shape index (κ2) is 11.7. The van der Waals surface area contributed by atoms with Crippen LogP contribution in [0.1, 0.15) is 16.7 Å². The predicted molar refractivity (Wildman–Crippen MR) is 156 cm³/mol. The Labute approximate surface area is 238 Å². The van der Waals surface area contributed by atoms with Crippen molar-refractivity contribution in [3.05, 3.63) is 128 Å². The molecule has 5 aromatic rings. The van der Waals surface area contributed by atoms with E-state index in [1.807, 2.05) is 84.9 Å². The Balaban J connectivity index is 1.43. The van der Waals surface area contributed by atoms with Gasteiger partial charge in [0.15, 0.2) is 0 Å². The SMILES string of the molecule is N#Cc1c(N=Cc2ccc(OCc3ccc(Cl)cc3Cl)c(Br)c2)oc(-c2ccccc2)c1-c1ccccc1. The molecule has 4 aromatic carbocycles. The number of nitrogens with zero attached hydrogens (tertiary/aromatic N) is 2. The molecular formula is C31H19BrCl2N2O2. The summed E-state index contributed by atoms with van der Waals surface area (Å²) in [5.74, 6) is 1.51. The molecule has 38 heavy (non-hydrogen) atoms. The van der Waals surface area contributed by atoms with Gasteiger partial charge >= 0.3 is 0 Å². The van der Waals surface area contributed by atoms with Crippen molar-refractivity contribution in [3.8, 4) is 34.3 Å². The smallest absolute Gasteiger partial charge is 0.238 e. The van der Waals surface area contributed by atoms with E-state index in [4.69, 9.17) is 32.4 Å². The number of hydrogen-bond donors (Lipinski definition) is 0. The highest BCUT2D eigenvalue weighted by atomic mass is 79.9. The predicted octanol–water partition coefficient (Wildman–Crippen LogP) is 9.88. The fraction of sp³-hybridized carbons (Fsp3) is 0.0323. The molecule has 0 aliphatic rings. The van der Waals surface area contributed by atoms with Crippen LogP contribution in [0.15, 0.2) is 111 Å². The van der Waals surface area contributed by atoms with Crippen LogP contribution in [0.4, 0.5) is 5.88 Å². The first-order valence-electron chi connectivity index (χ1n) is 11.6. The Morgan fingerprint density at radius 1 is 0.895 bits per heavy atom. The first-order valence-corrected chi connectivity index (χ1v) is 13.2. The van der Waals surface area contributed by atoms with Crippen LogP contribution in [0.25, 0.3) is 22.5 Å². The van der Waals surface area contributed by atoms with E-state index in [1.54, 1.807) is 18.3 Å². The van der Waals surface area contributed by atoms with Crippen molar-refractivity contribution >= 4 is 51.2 Å². The molecule has 0 N–H and O–H groups in total. The van der Waals surface area contributed by atoms with Gasteiger partial charge in [0.1, 0.15) is 29.7 Å². The summed E-state index contributed by atoms with van der Waals surface area (Å²) in [5.41, 5.74) is 4.49. The van der Waals surface area contributed by atoms with E-state index in [1.165, 1.54) is 0 Å². The molecule has 0 saturated carbocycles. The standard InChI is InChI=1S/C31H19BrCl2N2O2/c32-26-15-20(11-14-28(26)37-19-23-12-13-24(33)16-27(23)34)18-36-31-25(17-35)29(21-7-3-1-4-8-21)30(38-31)22-9-5-2-6-10-22/h1-16,18H,19H2. The zero-order valence-electron chi connectivity index (χ0n) is 19.9. The van der Waals surface area contributed by atoms with Gasteiger partial charge in [-0.15, -0.1) is 0 Å². The molecule has 186 valence electrons. The quantitative estimate of drug-likeness (QED) is 0.174. The van der Waals surface area contributed by atoms with Gasteiger partial charge in [0.05, 0.1) is 4.47 Å². The van der Waals surface area contributed by atoms with E-state index in [2.05, 4.69) is 27.0 Å². The van der Waals surface area contributed by atoms with Gasteiger partial charge in [-0.3, -0.25) is 0 Å². The Hall–Kier alpha value is -3.82. The first-order chi connectivity index (χ1) is 18.5. The van der Waals surface area contributed by atoms with Crippen molar-refractivity contribution in [1.82, 2.24) is 0 Å². The molecule has 0 atom stereocenters. The van der Waals surface area contributed by atoms with Gasteiger partial charge in [0, 0.05) is 33.0 Å². The van der Waals surface area contributed by atoms with Gasteiger partial charge in [0.25, 0.3) is 0 Å². The lowest BCUT2D eigenvalue weighted by Gasteiger charge is -2.10. The molecule has 0 aliphatic carbocycles. The Morgan fingerprint density at radius 3 is 2.26 bits per heavy atom. The van der Waals surface area contributed by atoms with Crippen LogP contribution < -0.4 is 4.74 Å². The highest BCUT2D eigenvalue weighted by molar-refractivity contribution is 9.10. The third-order valence-electron chi connectivity index (χ3n) is 5.79. The topological polar surface area (TPSA) is 58.5 Å². The highest BCUT2D eigenvalue weighted by Gasteiger charge is 2.22. The zero-order valence-corrected chi connectivity index (χ0v) is 23.0. The van der Waals surface area contributed by atoms with E-state index in [-0.39, 0.29) is 5.88 Å². The minimum atomic E-state index is 0.249. The van der Waals surface area contributed by atoms with E-state index in [9.17, 15) is 5.26 Å². The molecule has 0 aliphatic heterocycles. The van der Waals surface area contributed by atoms with Crippen LogP contribution in [0.5, 0.6) is 5.75 Å². The number of benzene rings is 4. The van der Waals surface area contributed by atoms with Crippen LogP contribution in [0.2, 0.25) is 10.0 Å². The van der Waals surface area contributed by atoms with Gasteiger partial charge in [-0.25, -0.2) is 4.99 Å². The summed E-state index contributed by atoms with van der Waals surface area (Å²) in [4.78, 5) is 4.56. The van der Waals surface area contributed by atoms with Gasteiger partial charge in [-0.1, -0.05) is 89.9 Å². The molecule has 0 fully saturated rings. The molecule has 4 nitrogen and oxygen atoms in total. The zero-order chi connectivity index (χ0) is 26.5. The van der Waals surface area contributed by atoms with Gasteiger partial charge < -0.3 is 9.15 Å². The monoisotopic (exact) mass is 600 g/mol. The number of nitriles is 1. The molecule has 0 unspecified atom stereocenters. The van der Waals surface area contributed by atoms with E-state index in [0.29, 0.717) is 33.7 Å². The number of ether oxygens (including phenoxy) is 1. The van der Waals surface area contributed by atoms with Crippen molar-refractivity contribution in [3.63, 3.8) is 0 Å². The van der Waals surface area contributed by atoms with Gasteiger partial charge in [-0.2, -0.15) is 5.26 Å². The van der Waals surface area contributed by atoms with E-state index in [0.717, 1.165) is 32.3 Å². The number of halogens is 3. The summed E-state index contributed by atoms with van der Waals surface area (Å²) in [6.07, 6.45) is 1.66. The van der Waals surface area contributed by atoms with E-state index >= 15 is 0 Å². The van der Waals surface area contributed by atoms with Crippen LogP contribution in [-0.4, -0.2) is 6.21 Å². The second-order valence-electron chi connectivity index (χ2n) is 8.30. The normalized spacial score (nSPS) is 11.0. The third kappa shape index (κ3) is 5.69. The van der Waals surface area contributed by atoms with Gasteiger partial charge in [-0.05, 0) is 57.4 Å². The minimum Gasteiger partial charge on any atom is -0.488 e. The summed E-state index contributed by atoms with van der Waals surface area (Å²) < 4.78 is 12.9. The molecule has 0 saturated heterocycles. The van der Waals surface area contributed by atoms with Crippen LogP contribution in [0.3, 0.4) is 0 Å². The van der Waals surface area contributed by atoms with Crippen molar-refractivity contribution < 1.29 is 9.15 Å². The summed E-state index contributed by atoms with van der Waals surface area (Å²) in [6.45, 7) is 0.296. The molecule has 5 rings (SSSR count). The Morgan fingerprint density at radius 2 is 1.61 bits per heavy atom. The number of hydrogen-bond acceptors (Lipinski definition) is 4. The molecule has 1 aromatic heterocycles. The largest absolute Gasteiger partial charge is 0.488 e. The van der Waals surface area contributed by atoms with Crippen molar-refractivity contribution in [2.24, 2.45) is 4.99 Å². The molecule has 0 radical (unpaired) electrons. The molecule has 1 heterocycles. The first kappa shape index (κ1) is 25.8. The maximum Gasteiger partial charge on any atom is 0.238 e. The molecule has 0 spiro atoms. The number of rotatable bonds is 7. The van der Waals surface area contributed by atoms with Crippen LogP contribution >= 0.6 is 39.1 Å². The molecule has 0 amide bonds. The van der Waals surface area contributed by atoms with Crippen LogP contribution in [0, 0.1) is 11.3 Å². The summed E-state index contributed by atoms with van der Waals surface area (Å²) in [7, 11) is 0. The van der Waals surface area contributed by atoms with Crippen molar-refractivity contribution in [2.45, 2.75) is 6.61 Å². The number of aliphatic imine (C=N–C) groups is 1. The second-order valence-corrected chi connectivity index (χ2v) is 10.0. The van der Waals surface area contributed by atoms with Crippen LogP contribution in [-0.2, 0) is 6.61 Å². The van der Waals surface area contributed by atoms with Crippen molar-refractivity contribution in [1.29, 1.82) is 5.26 Å². The summed E-state index contributed by atoms with van der Waals surface area (Å²) in [5, 5.41) is 11.2. The number of furan rings is 1. The summed E-state index contributed by atoms with van der Waals surface area (Å²) >= 11 is 15.8. The fourth-order valence-corrected chi connectivity index (χ4v) is 4.90. The molecule has 7 heteroatoms. The highest BCUT2D eigenvalue weighted by Crippen LogP contribution is 2.42. The lowest BCUT2D eigenvalue weighted by Crippen LogP contribution is -1.97. The molecule has 0 bridgehead atoms. The maximum absolute atomic E-state index is 10.1. The average molecular weight is 602 g/mol. The van der Waals surface area contributed by atoms with Gasteiger partial charge in [0.2, 0.25) is 5.88 Å². The van der Waals surface area contributed by atoms with Crippen molar-refractivity contribution in [2.75, 3.05) is 0 Å². The van der Waals surface area contributed by atoms with E-state index < -0.39 is 0 Å². The Bertz CT molecular complexity index is 1660. The lowest BCUT2D eigenvalue weighted by atomic mass is 9.98. The molecular weight excluding hydrogens is 583 g/mol. The Kier molecular flexibility index (Phi) is 7.95. The lowest BCUT2D eigenvalue weighted by molar-refractivity contribution is 0.304.